The summed E-state index contributed by atoms with van der Waals surface area (Å²) < 4.78 is 27.3. The van der Waals surface area contributed by atoms with Crippen molar-refractivity contribution in [2.24, 2.45) is 0 Å². The number of aromatic nitrogens is 1. The third-order valence-corrected chi connectivity index (χ3v) is 4.74. The van der Waals surface area contributed by atoms with Gasteiger partial charge in [0.05, 0.1) is 0 Å². The molecular formula is C13H19N3O3S. The van der Waals surface area contributed by atoms with Crippen LogP contribution in [-0.4, -0.2) is 31.2 Å². The maximum absolute atomic E-state index is 12.3. The largest absolute Gasteiger partial charge is 0.399 e. The van der Waals surface area contributed by atoms with Gasteiger partial charge in [0.25, 0.3) is 0 Å². The van der Waals surface area contributed by atoms with E-state index in [0.717, 1.165) is 0 Å². The van der Waals surface area contributed by atoms with Gasteiger partial charge in [0, 0.05) is 35.4 Å². The number of aromatic amines is 1. The zero-order valence-electron chi connectivity index (χ0n) is 11.3. The van der Waals surface area contributed by atoms with Crippen LogP contribution < -0.4 is 10.5 Å². The molecule has 2 aromatic rings. The molecule has 6 nitrogen and oxygen atoms in total. The smallest absolute Gasteiger partial charge is 0.242 e. The molecule has 0 fully saturated rings. The number of nitrogens with two attached hydrogens (primary N) is 1. The van der Waals surface area contributed by atoms with E-state index in [-0.39, 0.29) is 17.5 Å². The van der Waals surface area contributed by atoms with Gasteiger partial charge in [-0.15, -0.1) is 0 Å². The van der Waals surface area contributed by atoms with Crippen LogP contribution in [0.1, 0.15) is 19.8 Å². The third kappa shape index (κ3) is 3.12. The molecule has 1 aromatic carbocycles. The number of sulfonamides is 1. The second-order valence-corrected chi connectivity index (χ2v) is 6.53. The van der Waals surface area contributed by atoms with Gasteiger partial charge < -0.3 is 15.8 Å². The summed E-state index contributed by atoms with van der Waals surface area (Å²) in [5.74, 6) is 0. The molecule has 0 spiro atoms. The van der Waals surface area contributed by atoms with E-state index in [2.05, 4.69) is 9.71 Å². The number of nitrogen functional groups attached to an aromatic ring is 1. The first-order valence-electron chi connectivity index (χ1n) is 6.44. The zero-order chi connectivity index (χ0) is 14.8. The topological polar surface area (TPSA) is 108 Å². The molecule has 0 saturated carbocycles. The van der Waals surface area contributed by atoms with Gasteiger partial charge in [-0.05, 0) is 38.0 Å². The molecule has 1 atom stereocenters. The fourth-order valence-corrected chi connectivity index (χ4v) is 3.58. The Morgan fingerprint density at radius 3 is 2.90 bits per heavy atom. The van der Waals surface area contributed by atoms with E-state index in [0.29, 0.717) is 29.4 Å². The SMILES string of the molecule is CC(CCCO)NS(=O)(=O)c1c[nH]c2cc(N)ccc12. The molecule has 110 valence electrons. The van der Waals surface area contributed by atoms with E-state index in [1.807, 2.05) is 0 Å². The van der Waals surface area contributed by atoms with Crippen LogP contribution in [0.5, 0.6) is 0 Å². The second kappa shape index (κ2) is 5.82. The van der Waals surface area contributed by atoms with Crippen LogP contribution in [-0.2, 0) is 10.0 Å². The molecule has 2 rings (SSSR count). The molecule has 0 aliphatic rings. The average Bonchev–Trinajstić information content (AvgIpc) is 2.79. The van der Waals surface area contributed by atoms with Crippen molar-refractivity contribution in [1.82, 2.24) is 9.71 Å². The Hall–Kier alpha value is -1.57. The minimum absolute atomic E-state index is 0.0540. The van der Waals surface area contributed by atoms with Crippen LogP contribution in [0.15, 0.2) is 29.3 Å². The van der Waals surface area contributed by atoms with Crippen LogP contribution in [0, 0.1) is 0 Å². The van der Waals surface area contributed by atoms with Gasteiger partial charge in [0.1, 0.15) is 4.90 Å². The Labute approximate surface area is 118 Å². The number of aliphatic hydroxyl groups is 1. The standard InChI is InChI=1S/C13H19N3O3S/c1-9(3-2-6-17)16-20(18,19)13-8-15-12-7-10(14)4-5-11(12)13/h4-5,7-9,15-17H,2-3,6,14H2,1H3. The molecule has 20 heavy (non-hydrogen) atoms. The molecule has 0 aliphatic heterocycles. The molecule has 5 N–H and O–H groups in total. The molecule has 0 radical (unpaired) electrons. The van der Waals surface area contributed by atoms with E-state index in [1.54, 1.807) is 25.1 Å². The first kappa shape index (κ1) is 14.8. The second-order valence-electron chi connectivity index (χ2n) is 4.85. The summed E-state index contributed by atoms with van der Waals surface area (Å²) >= 11 is 0. The minimum Gasteiger partial charge on any atom is -0.399 e. The van der Waals surface area contributed by atoms with Crippen molar-refractivity contribution in [2.75, 3.05) is 12.3 Å². The number of benzene rings is 1. The molecule has 0 amide bonds. The summed E-state index contributed by atoms with van der Waals surface area (Å²) in [5, 5.41) is 9.38. The summed E-state index contributed by atoms with van der Waals surface area (Å²) in [5.41, 5.74) is 6.93. The summed E-state index contributed by atoms with van der Waals surface area (Å²) in [4.78, 5) is 3.12. The Morgan fingerprint density at radius 2 is 2.20 bits per heavy atom. The molecule has 1 aromatic heterocycles. The number of hydrogen-bond acceptors (Lipinski definition) is 4. The highest BCUT2D eigenvalue weighted by Crippen LogP contribution is 2.24. The van der Waals surface area contributed by atoms with Gasteiger partial charge in [0.2, 0.25) is 10.0 Å². The Morgan fingerprint density at radius 1 is 1.45 bits per heavy atom. The maximum Gasteiger partial charge on any atom is 0.242 e. The first-order chi connectivity index (χ1) is 9.44. The number of hydrogen-bond donors (Lipinski definition) is 4. The van der Waals surface area contributed by atoms with Crippen molar-refractivity contribution >= 4 is 26.6 Å². The van der Waals surface area contributed by atoms with Crippen LogP contribution in [0.25, 0.3) is 10.9 Å². The predicted molar refractivity (Wildman–Crippen MR) is 78.8 cm³/mol. The van der Waals surface area contributed by atoms with Crippen LogP contribution in [0.3, 0.4) is 0 Å². The van der Waals surface area contributed by atoms with Crippen molar-refractivity contribution in [3.8, 4) is 0 Å². The van der Waals surface area contributed by atoms with E-state index in [9.17, 15) is 8.42 Å². The average molecular weight is 297 g/mol. The van der Waals surface area contributed by atoms with E-state index < -0.39 is 10.0 Å². The first-order valence-corrected chi connectivity index (χ1v) is 7.92. The lowest BCUT2D eigenvalue weighted by Crippen LogP contribution is -2.32. The van der Waals surface area contributed by atoms with Crippen LogP contribution in [0.2, 0.25) is 0 Å². The van der Waals surface area contributed by atoms with Gasteiger partial charge in [-0.1, -0.05) is 0 Å². The monoisotopic (exact) mass is 297 g/mol. The molecule has 7 heteroatoms. The van der Waals surface area contributed by atoms with Gasteiger partial charge in [-0.2, -0.15) is 0 Å². The normalized spacial score (nSPS) is 13.7. The lowest BCUT2D eigenvalue weighted by molar-refractivity contribution is 0.279. The van der Waals surface area contributed by atoms with Gasteiger partial charge >= 0.3 is 0 Å². The van der Waals surface area contributed by atoms with Crippen molar-refractivity contribution < 1.29 is 13.5 Å². The molecule has 1 heterocycles. The number of fused-ring (bicyclic) bond motifs is 1. The van der Waals surface area contributed by atoms with Crippen LogP contribution >= 0.6 is 0 Å². The predicted octanol–water partition coefficient (Wildman–Crippen LogP) is 1.19. The van der Waals surface area contributed by atoms with E-state index in [4.69, 9.17) is 10.8 Å². The lowest BCUT2D eigenvalue weighted by atomic mass is 10.2. The fraction of sp³-hybridized carbons (Fsp3) is 0.385. The summed E-state index contributed by atoms with van der Waals surface area (Å²) in [7, 11) is -3.59. The maximum atomic E-state index is 12.3. The molecule has 1 unspecified atom stereocenters. The summed E-state index contributed by atoms with van der Waals surface area (Å²) in [6.45, 7) is 1.83. The number of anilines is 1. The zero-order valence-corrected chi connectivity index (χ0v) is 12.1. The van der Waals surface area contributed by atoms with E-state index in [1.165, 1.54) is 6.20 Å². The third-order valence-electron chi connectivity index (χ3n) is 3.11. The number of nitrogens with one attached hydrogen (secondary N) is 2. The summed E-state index contributed by atoms with van der Waals surface area (Å²) in [6, 6.07) is 4.83. The fourth-order valence-electron chi connectivity index (χ4n) is 2.12. The molecule has 0 aliphatic carbocycles. The quantitative estimate of drug-likeness (QED) is 0.600. The Balaban J connectivity index is 2.28. The van der Waals surface area contributed by atoms with Crippen LogP contribution in [0.4, 0.5) is 5.69 Å². The highest BCUT2D eigenvalue weighted by atomic mass is 32.2. The van der Waals surface area contributed by atoms with Gasteiger partial charge in [-0.25, -0.2) is 13.1 Å². The number of aliphatic hydroxyl groups excluding tert-OH is 1. The molecular weight excluding hydrogens is 278 g/mol. The number of H-pyrrole nitrogens is 1. The minimum atomic E-state index is -3.59. The van der Waals surface area contributed by atoms with Crippen molar-refractivity contribution in [2.45, 2.75) is 30.7 Å². The highest BCUT2D eigenvalue weighted by molar-refractivity contribution is 7.89. The van der Waals surface area contributed by atoms with Crippen molar-refractivity contribution in [3.05, 3.63) is 24.4 Å². The number of rotatable bonds is 6. The Kier molecular flexibility index (Phi) is 4.32. The van der Waals surface area contributed by atoms with Gasteiger partial charge in [0.15, 0.2) is 0 Å². The van der Waals surface area contributed by atoms with Crippen molar-refractivity contribution in [1.29, 1.82) is 0 Å². The summed E-state index contributed by atoms with van der Waals surface area (Å²) in [6.07, 6.45) is 2.62. The van der Waals surface area contributed by atoms with E-state index >= 15 is 0 Å². The molecule has 0 saturated heterocycles. The Bertz CT molecular complexity index is 694. The van der Waals surface area contributed by atoms with Gasteiger partial charge in [-0.3, -0.25) is 0 Å². The van der Waals surface area contributed by atoms with Crippen molar-refractivity contribution in [3.63, 3.8) is 0 Å². The molecule has 0 bridgehead atoms. The lowest BCUT2D eigenvalue weighted by Gasteiger charge is -2.13. The highest BCUT2D eigenvalue weighted by Gasteiger charge is 2.21.